The van der Waals surface area contributed by atoms with E-state index >= 15 is 0 Å². The van der Waals surface area contributed by atoms with Crippen molar-refractivity contribution >= 4 is 22.9 Å². The molecule has 0 spiro atoms. The summed E-state index contributed by atoms with van der Waals surface area (Å²) in [5.74, 6) is 1.62. The first-order valence-corrected chi connectivity index (χ1v) is 7.76. The highest BCUT2D eigenvalue weighted by atomic mass is 35.5. The molecule has 5 heteroatoms. The van der Waals surface area contributed by atoms with E-state index in [-0.39, 0.29) is 0 Å². The van der Waals surface area contributed by atoms with Gasteiger partial charge in [0.1, 0.15) is 0 Å². The molecule has 2 aromatic heterocycles. The number of hydrogen-bond donors (Lipinski definition) is 0. The van der Waals surface area contributed by atoms with E-state index in [2.05, 4.69) is 29.1 Å². The van der Waals surface area contributed by atoms with Gasteiger partial charge in [-0.15, -0.1) is 0 Å². The van der Waals surface area contributed by atoms with Crippen LogP contribution in [0.1, 0.15) is 18.3 Å². The lowest BCUT2D eigenvalue weighted by atomic mass is 10.2. The minimum Gasteiger partial charge on any atom is -0.213 e. The number of halogens is 1. The molecule has 2 heterocycles. The second kappa shape index (κ2) is 5.38. The van der Waals surface area contributed by atoms with Gasteiger partial charge in [0.05, 0.1) is 10.7 Å². The molecule has 0 unspecified atom stereocenters. The third-order valence-electron chi connectivity index (χ3n) is 3.10. The van der Waals surface area contributed by atoms with Crippen LogP contribution in [-0.4, -0.2) is 14.8 Å². The third kappa shape index (κ3) is 2.37. The Morgan fingerprint density at radius 1 is 1.20 bits per heavy atom. The number of hydrogen-bond acceptors (Lipinski definition) is 3. The Labute approximate surface area is 126 Å². The van der Waals surface area contributed by atoms with Gasteiger partial charge in [0.25, 0.3) is 0 Å². The van der Waals surface area contributed by atoms with Gasteiger partial charge in [-0.2, -0.15) is 16.4 Å². The maximum Gasteiger partial charge on any atom is 0.165 e. The Balaban J connectivity index is 2.17. The number of benzene rings is 1. The van der Waals surface area contributed by atoms with Crippen LogP contribution in [0.5, 0.6) is 0 Å². The maximum absolute atomic E-state index is 6.24. The highest BCUT2D eigenvalue weighted by molar-refractivity contribution is 7.08. The molecular formula is C15H14ClN3S. The fraction of sp³-hybridized carbons (Fsp3) is 0.200. The average Bonchev–Trinajstić information content (AvgIpc) is 3.05. The monoisotopic (exact) mass is 303 g/mol. The molecule has 0 bridgehead atoms. The minimum atomic E-state index is 0.721. The van der Waals surface area contributed by atoms with Crippen LogP contribution in [0, 0.1) is 6.92 Å². The molecule has 0 saturated carbocycles. The van der Waals surface area contributed by atoms with Crippen LogP contribution in [0.4, 0.5) is 0 Å². The van der Waals surface area contributed by atoms with E-state index in [4.69, 9.17) is 11.6 Å². The van der Waals surface area contributed by atoms with Gasteiger partial charge in [-0.05, 0) is 19.1 Å². The van der Waals surface area contributed by atoms with Gasteiger partial charge >= 0.3 is 0 Å². The van der Waals surface area contributed by atoms with E-state index in [9.17, 15) is 0 Å². The quantitative estimate of drug-likeness (QED) is 0.712. The zero-order chi connectivity index (χ0) is 14.1. The van der Waals surface area contributed by atoms with Crippen molar-refractivity contribution in [1.82, 2.24) is 14.8 Å². The molecule has 20 heavy (non-hydrogen) atoms. The van der Waals surface area contributed by atoms with Crippen LogP contribution in [0.25, 0.3) is 17.1 Å². The Bertz CT molecular complexity index is 728. The van der Waals surface area contributed by atoms with E-state index in [1.54, 1.807) is 11.3 Å². The highest BCUT2D eigenvalue weighted by Gasteiger charge is 2.15. The van der Waals surface area contributed by atoms with Crippen LogP contribution < -0.4 is 0 Å². The van der Waals surface area contributed by atoms with Gasteiger partial charge in [-0.1, -0.05) is 36.2 Å². The smallest absolute Gasteiger partial charge is 0.165 e. The summed E-state index contributed by atoms with van der Waals surface area (Å²) in [5, 5.41) is 9.22. The van der Waals surface area contributed by atoms with Crippen molar-refractivity contribution in [2.24, 2.45) is 0 Å². The fourth-order valence-corrected chi connectivity index (χ4v) is 3.03. The second-order valence-corrected chi connectivity index (χ2v) is 5.74. The number of aromatic nitrogens is 3. The van der Waals surface area contributed by atoms with Crippen molar-refractivity contribution in [3.05, 3.63) is 51.4 Å². The van der Waals surface area contributed by atoms with Crippen LogP contribution in [0.2, 0.25) is 5.02 Å². The van der Waals surface area contributed by atoms with Gasteiger partial charge in [0.2, 0.25) is 0 Å². The standard InChI is InChI=1S/C15H14ClN3S/c1-3-14-17-15(12-8-20-9-13(12)16)19(18-14)11-6-4-10(2)5-7-11/h4-9H,3H2,1-2H3. The number of aryl methyl sites for hydroxylation is 2. The minimum absolute atomic E-state index is 0.721. The van der Waals surface area contributed by atoms with Crippen LogP contribution in [-0.2, 0) is 6.42 Å². The van der Waals surface area contributed by atoms with Gasteiger partial charge in [0, 0.05) is 22.7 Å². The lowest BCUT2D eigenvalue weighted by molar-refractivity contribution is 0.844. The number of nitrogens with zero attached hydrogens (tertiary/aromatic N) is 3. The summed E-state index contributed by atoms with van der Waals surface area (Å²) in [6, 6.07) is 8.24. The predicted octanol–water partition coefficient (Wildman–Crippen LogP) is 4.52. The molecule has 0 aliphatic carbocycles. The van der Waals surface area contributed by atoms with E-state index < -0.39 is 0 Å². The Morgan fingerprint density at radius 2 is 1.95 bits per heavy atom. The molecular weight excluding hydrogens is 290 g/mol. The first-order valence-electron chi connectivity index (χ1n) is 6.44. The summed E-state index contributed by atoms with van der Waals surface area (Å²) in [6.07, 6.45) is 0.799. The molecule has 1 aromatic carbocycles. The zero-order valence-electron chi connectivity index (χ0n) is 11.3. The van der Waals surface area contributed by atoms with Crippen LogP contribution in [0.3, 0.4) is 0 Å². The van der Waals surface area contributed by atoms with Crippen LogP contribution in [0.15, 0.2) is 35.0 Å². The molecule has 0 fully saturated rings. The lowest BCUT2D eigenvalue weighted by Gasteiger charge is -2.05. The Kier molecular flexibility index (Phi) is 3.59. The first kappa shape index (κ1) is 13.3. The van der Waals surface area contributed by atoms with E-state index in [1.807, 2.05) is 34.5 Å². The summed E-state index contributed by atoms with van der Waals surface area (Å²) < 4.78 is 1.87. The van der Waals surface area contributed by atoms with Crippen molar-refractivity contribution in [3.8, 4) is 17.1 Å². The highest BCUT2D eigenvalue weighted by Crippen LogP contribution is 2.31. The van der Waals surface area contributed by atoms with E-state index in [1.165, 1.54) is 5.56 Å². The molecule has 0 atom stereocenters. The molecule has 0 radical (unpaired) electrons. The van der Waals surface area contributed by atoms with Crippen molar-refractivity contribution in [1.29, 1.82) is 0 Å². The summed E-state index contributed by atoms with van der Waals surface area (Å²) >= 11 is 7.81. The topological polar surface area (TPSA) is 30.7 Å². The normalized spacial score (nSPS) is 10.9. The van der Waals surface area contributed by atoms with Gasteiger partial charge in [0.15, 0.2) is 11.6 Å². The van der Waals surface area contributed by atoms with Gasteiger partial charge in [-0.25, -0.2) is 9.67 Å². The van der Waals surface area contributed by atoms with E-state index in [0.29, 0.717) is 0 Å². The van der Waals surface area contributed by atoms with Crippen molar-refractivity contribution in [2.45, 2.75) is 20.3 Å². The summed E-state index contributed by atoms with van der Waals surface area (Å²) in [6.45, 7) is 4.12. The van der Waals surface area contributed by atoms with Gasteiger partial charge in [-0.3, -0.25) is 0 Å². The average molecular weight is 304 g/mol. The molecule has 3 nitrogen and oxygen atoms in total. The maximum atomic E-state index is 6.24. The molecule has 102 valence electrons. The van der Waals surface area contributed by atoms with Crippen molar-refractivity contribution in [3.63, 3.8) is 0 Å². The molecule has 0 N–H and O–H groups in total. The molecule has 3 aromatic rings. The molecule has 0 aliphatic heterocycles. The summed E-state index contributed by atoms with van der Waals surface area (Å²) in [7, 11) is 0. The SMILES string of the molecule is CCc1nc(-c2cscc2Cl)n(-c2ccc(C)cc2)n1. The largest absolute Gasteiger partial charge is 0.213 e. The molecule has 0 saturated heterocycles. The Morgan fingerprint density at radius 3 is 2.55 bits per heavy atom. The van der Waals surface area contributed by atoms with Crippen LogP contribution >= 0.6 is 22.9 Å². The molecule has 0 amide bonds. The summed E-state index contributed by atoms with van der Waals surface area (Å²) in [4.78, 5) is 4.60. The number of thiophene rings is 1. The summed E-state index contributed by atoms with van der Waals surface area (Å²) in [5.41, 5.74) is 3.16. The van der Waals surface area contributed by atoms with Crippen molar-refractivity contribution in [2.75, 3.05) is 0 Å². The molecule has 0 aliphatic rings. The molecule has 3 rings (SSSR count). The first-order chi connectivity index (χ1) is 9.69. The van der Waals surface area contributed by atoms with Crippen molar-refractivity contribution < 1.29 is 0 Å². The number of rotatable bonds is 3. The van der Waals surface area contributed by atoms with E-state index in [0.717, 1.165) is 34.3 Å². The lowest BCUT2D eigenvalue weighted by Crippen LogP contribution is -1.99. The zero-order valence-corrected chi connectivity index (χ0v) is 12.9. The second-order valence-electron chi connectivity index (χ2n) is 4.59. The fourth-order valence-electron chi connectivity index (χ4n) is 1.99. The van der Waals surface area contributed by atoms with Gasteiger partial charge < -0.3 is 0 Å². The third-order valence-corrected chi connectivity index (χ3v) is 4.29. The predicted molar refractivity (Wildman–Crippen MR) is 83.8 cm³/mol. The Hall–Kier alpha value is -1.65.